The number of ether oxygens (including phenoxy) is 3. The molecule has 0 radical (unpaired) electrons. The van der Waals surface area contributed by atoms with Gasteiger partial charge in [-0.25, -0.2) is 0 Å². The van der Waals surface area contributed by atoms with E-state index in [1.165, 1.54) is 7.11 Å². The molecule has 2 atom stereocenters. The number of piperazine rings is 2. The van der Waals surface area contributed by atoms with Gasteiger partial charge in [-0.2, -0.15) is 23.1 Å². The standard InChI is InChI=1S/C36H39F3N6O4/c1-3-48-35-41-32(47-2)29(33(42-35)49-24-36(37,38)39)22-43-20-28-21-44(34(46)27-15-10-16-40-19-27)17-18-45(28)30(23-43)31(25-11-6-4-7-12-25)26-13-8-5-9-14-26/h4-16,19,28,30-31H,3,17-18,20-24H2,1-2H3. The van der Waals surface area contributed by atoms with Crippen molar-refractivity contribution in [1.29, 1.82) is 0 Å². The van der Waals surface area contributed by atoms with Crippen LogP contribution in [0.4, 0.5) is 13.2 Å². The zero-order valence-corrected chi connectivity index (χ0v) is 27.4. The van der Waals surface area contributed by atoms with Gasteiger partial charge in [0.25, 0.3) is 5.91 Å². The number of alkyl halides is 3. The lowest BCUT2D eigenvalue weighted by molar-refractivity contribution is -0.154. The summed E-state index contributed by atoms with van der Waals surface area (Å²) in [5.74, 6) is -0.290. The van der Waals surface area contributed by atoms with Crippen LogP contribution in [0.25, 0.3) is 0 Å². The Bertz CT molecular complexity index is 1640. The maximum atomic E-state index is 13.6. The Labute approximate surface area is 283 Å². The SMILES string of the molecule is CCOc1nc(OC)c(CN2CC3CN(C(=O)c4cccnc4)CCN3C(C(c3ccccc3)c3ccccc3)C2)c(OCC(F)(F)F)n1. The van der Waals surface area contributed by atoms with E-state index in [1.54, 1.807) is 31.5 Å². The minimum atomic E-state index is -4.58. The fraction of sp³-hybridized carbons (Fsp3) is 0.389. The van der Waals surface area contributed by atoms with Gasteiger partial charge in [0.2, 0.25) is 11.8 Å². The van der Waals surface area contributed by atoms with Gasteiger partial charge in [-0.1, -0.05) is 60.7 Å². The van der Waals surface area contributed by atoms with Crippen molar-refractivity contribution in [3.8, 4) is 17.8 Å². The van der Waals surface area contributed by atoms with Crippen molar-refractivity contribution in [3.63, 3.8) is 0 Å². The van der Waals surface area contributed by atoms with Crippen LogP contribution >= 0.6 is 0 Å². The van der Waals surface area contributed by atoms with Crippen molar-refractivity contribution < 1.29 is 32.2 Å². The predicted molar refractivity (Wildman–Crippen MR) is 176 cm³/mol. The van der Waals surface area contributed by atoms with E-state index in [2.05, 4.69) is 49.0 Å². The second-order valence-corrected chi connectivity index (χ2v) is 12.1. The number of carbonyl (C=O) groups is 1. The summed E-state index contributed by atoms with van der Waals surface area (Å²) in [6.07, 6.45) is -1.37. The number of hydrogen-bond acceptors (Lipinski definition) is 9. The second-order valence-electron chi connectivity index (χ2n) is 12.1. The highest BCUT2D eigenvalue weighted by Crippen LogP contribution is 2.38. The smallest absolute Gasteiger partial charge is 0.422 e. The number of fused-ring (bicyclic) bond motifs is 1. The molecule has 258 valence electrons. The zero-order valence-electron chi connectivity index (χ0n) is 27.4. The second kappa shape index (κ2) is 15.2. The normalized spacial score (nSPS) is 18.6. The average Bonchev–Trinajstić information content (AvgIpc) is 3.12. The molecular weight excluding hydrogens is 637 g/mol. The summed E-state index contributed by atoms with van der Waals surface area (Å²) in [5, 5.41) is 0. The molecule has 0 spiro atoms. The lowest BCUT2D eigenvalue weighted by Gasteiger charge is -2.53. The van der Waals surface area contributed by atoms with Crippen LogP contribution in [0.5, 0.6) is 17.8 Å². The summed E-state index contributed by atoms with van der Waals surface area (Å²) in [6, 6.07) is 23.8. The number of carbonyl (C=O) groups excluding carboxylic acids is 1. The van der Waals surface area contributed by atoms with Crippen LogP contribution in [0.2, 0.25) is 0 Å². The van der Waals surface area contributed by atoms with Crippen molar-refractivity contribution in [2.45, 2.75) is 37.6 Å². The van der Waals surface area contributed by atoms with Crippen molar-refractivity contribution in [3.05, 3.63) is 107 Å². The molecule has 2 aromatic heterocycles. The van der Waals surface area contributed by atoms with Gasteiger partial charge in [0, 0.05) is 69.7 Å². The lowest BCUT2D eigenvalue weighted by atomic mass is 9.81. The van der Waals surface area contributed by atoms with Crippen molar-refractivity contribution in [1.82, 2.24) is 29.7 Å². The van der Waals surface area contributed by atoms with Crippen molar-refractivity contribution in [2.24, 2.45) is 0 Å². The molecule has 2 aromatic carbocycles. The molecule has 49 heavy (non-hydrogen) atoms. The van der Waals surface area contributed by atoms with Gasteiger partial charge in [0.15, 0.2) is 6.61 Å². The van der Waals surface area contributed by atoms with E-state index in [0.29, 0.717) is 38.3 Å². The molecule has 2 saturated heterocycles. The maximum Gasteiger partial charge on any atom is 0.422 e. The minimum absolute atomic E-state index is 0.0345. The van der Waals surface area contributed by atoms with E-state index in [1.807, 2.05) is 41.3 Å². The van der Waals surface area contributed by atoms with Gasteiger partial charge in [0.1, 0.15) is 0 Å². The van der Waals surface area contributed by atoms with Crippen LogP contribution < -0.4 is 14.2 Å². The monoisotopic (exact) mass is 676 g/mol. The van der Waals surface area contributed by atoms with Crippen LogP contribution in [0, 0.1) is 0 Å². The van der Waals surface area contributed by atoms with Gasteiger partial charge >= 0.3 is 12.2 Å². The van der Waals surface area contributed by atoms with Crippen LogP contribution in [-0.2, 0) is 6.54 Å². The summed E-state index contributed by atoms with van der Waals surface area (Å²) in [7, 11) is 1.40. The van der Waals surface area contributed by atoms with E-state index >= 15 is 0 Å². The first kappa shape index (κ1) is 34.1. The third-order valence-corrected chi connectivity index (χ3v) is 8.90. The summed E-state index contributed by atoms with van der Waals surface area (Å²) in [6.45, 7) is 3.31. The summed E-state index contributed by atoms with van der Waals surface area (Å²) in [4.78, 5) is 32.8. The Morgan fingerprint density at radius 1 is 0.898 bits per heavy atom. The van der Waals surface area contributed by atoms with Gasteiger partial charge < -0.3 is 19.1 Å². The van der Waals surface area contributed by atoms with Gasteiger partial charge in [-0.3, -0.25) is 19.6 Å². The molecule has 2 aliphatic heterocycles. The topological polar surface area (TPSA) is 93.2 Å². The van der Waals surface area contributed by atoms with E-state index in [9.17, 15) is 18.0 Å². The van der Waals surface area contributed by atoms with E-state index < -0.39 is 12.8 Å². The molecule has 4 heterocycles. The molecule has 2 aliphatic rings. The van der Waals surface area contributed by atoms with E-state index in [0.717, 1.165) is 11.1 Å². The number of nitrogens with zero attached hydrogens (tertiary/aromatic N) is 6. The van der Waals surface area contributed by atoms with Crippen LogP contribution in [0.15, 0.2) is 85.2 Å². The Morgan fingerprint density at radius 2 is 1.59 bits per heavy atom. The largest absolute Gasteiger partial charge is 0.481 e. The molecule has 2 unspecified atom stereocenters. The summed E-state index contributed by atoms with van der Waals surface area (Å²) >= 11 is 0. The highest BCUT2D eigenvalue weighted by atomic mass is 19.4. The zero-order chi connectivity index (χ0) is 34.4. The first-order valence-corrected chi connectivity index (χ1v) is 16.3. The number of benzene rings is 2. The molecule has 1 amide bonds. The molecule has 4 aromatic rings. The molecule has 2 fully saturated rings. The third kappa shape index (κ3) is 8.11. The Morgan fingerprint density at radius 3 is 2.20 bits per heavy atom. The van der Waals surface area contributed by atoms with Crippen LogP contribution in [0.3, 0.4) is 0 Å². The molecule has 0 N–H and O–H groups in total. The number of halogens is 3. The van der Waals surface area contributed by atoms with Gasteiger partial charge in [-0.15, -0.1) is 0 Å². The summed E-state index contributed by atoms with van der Waals surface area (Å²) < 4.78 is 56.3. The number of rotatable bonds is 11. The highest BCUT2D eigenvalue weighted by molar-refractivity contribution is 5.94. The number of methoxy groups -OCH3 is 1. The molecule has 0 aliphatic carbocycles. The predicted octanol–water partition coefficient (Wildman–Crippen LogP) is 5.06. The quantitative estimate of drug-likeness (QED) is 0.216. The lowest BCUT2D eigenvalue weighted by Crippen LogP contribution is -2.67. The fourth-order valence-electron chi connectivity index (χ4n) is 6.87. The molecule has 13 heteroatoms. The van der Waals surface area contributed by atoms with Crippen molar-refractivity contribution in [2.75, 3.05) is 53.0 Å². The first-order chi connectivity index (χ1) is 23.7. The number of pyridine rings is 1. The molecule has 0 bridgehead atoms. The molecule has 6 rings (SSSR count). The average molecular weight is 677 g/mol. The number of amides is 1. The number of hydrogen-bond donors (Lipinski definition) is 0. The maximum absolute atomic E-state index is 13.6. The molecule has 10 nitrogen and oxygen atoms in total. The Balaban J connectivity index is 1.38. The van der Waals surface area contributed by atoms with Gasteiger partial charge in [0.05, 0.1) is 24.8 Å². The Kier molecular flexibility index (Phi) is 10.6. The Hall–Kier alpha value is -4.75. The van der Waals surface area contributed by atoms with E-state index in [4.69, 9.17) is 14.2 Å². The molecular formula is C36H39F3N6O4. The first-order valence-electron chi connectivity index (χ1n) is 16.3. The van der Waals surface area contributed by atoms with Crippen LogP contribution in [-0.4, -0.2) is 107 Å². The van der Waals surface area contributed by atoms with Crippen molar-refractivity contribution >= 4 is 5.91 Å². The van der Waals surface area contributed by atoms with Gasteiger partial charge in [-0.05, 0) is 30.2 Å². The van der Waals surface area contributed by atoms with E-state index in [-0.39, 0.29) is 60.4 Å². The highest BCUT2D eigenvalue weighted by Gasteiger charge is 2.43. The fourth-order valence-corrected chi connectivity index (χ4v) is 6.87. The minimum Gasteiger partial charge on any atom is -0.481 e. The third-order valence-electron chi connectivity index (χ3n) is 8.90. The molecule has 0 saturated carbocycles. The van der Waals surface area contributed by atoms with Crippen LogP contribution in [0.1, 0.15) is 39.9 Å². The number of aromatic nitrogens is 3. The summed E-state index contributed by atoms with van der Waals surface area (Å²) in [5.41, 5.74) is 3.10.